The third-order valence-electron chi connectivity index (χ3n) is 5.89. The Kier molecular flexibility index (Phi) is 5.61. The van der Waals surface area contributed by atoms with E-state index in [1.165, 1.54) is 6.07 Å². The molecule has 0 N–H and O–H groups in total. The van der Waals surface area contributed by atoms with E-state index < -0.39 is 108 Å². The van der Waals surface area contributed by atoms with Crippen LogP contribution in [0.25, 0.3) is 43.8 Å². The Balaban J connectivity index is 2.16. The van der Waals surface area contributed by atoms with Gasteiger partial charge in [0, 0.05) is 28.0 Å². The molecule has 0 atom stereocenters. The lowest BCUT2D eigenvalue weighted by atomic mass is 9.84. The summed E-state index contributed by atoms with van der Waals surface area (Å²) in [4.78, 5) is 0. The topological polar surface area (TPSA) is 0 Å². The molecule has 0 bridgehead atoms. The Labute approximate surface area is 199 Å². The molecule has 188 valence electrons. The highest BCUT2D eigenvalue weighted by atomic mass is 19.2. The summed E-state index contributed by atoms with van der Waals surface area (Å²) in [6.07, 6.45) is 0. The zero-order chi connectivity index (χ0) is 26.9. The van der Waals surface area contributed by atoms with E-state index in [-0.39, 0.29) is 6.07 Å². The summed E-state index contributed by atoms with van der Waals surface area (Å²) in [5, 5.41) is -3.39. The predicted octanol–water partition coefficient (Wildman–Crippen LogP) is 8.86. The summed E-state index contributed by atoms with van der Waals surface area (Å²) < 4.78 is 160. The Bertz CT molecular complexity index is 1740. The van der Waals surface area contributed by atoms with Crippen molar-refractivity contribution < 1.29 is 48.3 Å². The van der Waals surface area contributed by atoms with Gasteiger partial charge in [-0.1, -0.05) is 24.3 Å². The highest BCUT2D eigenvalue weighted by molar-refractivity contribution is 6.21. The van der Waals surface area contributed by atoms with Crippen molar-refractivity contribution in [3.05, 3.63) is 106 Å². The van der Waals surface area contributed by atoms with Crippen LogP contribution in [0.4, 0.5) is 48.3 Å². The molecule has 0 aromatic heterocycles. The minimum absolute atomic E-state index is 0.126. The van der Waals surface area contributed by atoms with Gasteiger partial charge < -0.3 is 0 Å². The third-order valence-corrected chi connectivity index (χ3v) is 5.89. The minimum Gasteiger partial charge on any atom is -0.206 e. The second-order valence-electron chi connectivity index (χ2n) is 7.86. The summed E-state index contributed by atoms with van der Waals surface area (Å²) in [5.74, 6) is -22.9. The molecule has 0 unspecified atom stereocenters. The van der Waals surface area contributed by atoms with Crippen molar-refractivity contribution in [2.75, 3.05) is 0 Å². The number of halogens is 11. The van der Waals surface area contributed by atoms with Gasteiger partial charge in [0.1, 0.15) is 11.6 Å². The number of benzene rings is 5. The van der Waals surface area contributed by atoms with Crippen molar-refractivity contribution >= 4 is 21.5 Å². The molecule has 0 saturated heterocycles. The Morgan fingerprint density at radius 1 is 0.324 bits per heavy atom. The van der Waals surface area contributed by atoms with E-state index in [0.29, 0.717) is 12.1 Å². The number of hydrogen-bond acceptors (Lipinski definition) is 0. The van der Waals surface area contributed by atoms with Crippen LogP contribution in [0.15, 0.2) is 42.5 Å². The summed E-state index contributed by atoms with van der Waals surface area (Å²) in [6, 6.07) is 5.02. The van der Waals surface area contributed by atoms with Gasteiger partial charge in [-0.2, -0.15) is 0 Å². The fourth-order valence-electron chi connectivity index (χ4n) is 4.37. The van der Waals surface area contributed by atoms with Crippen LogP contribution in [0, 0.1) is 64.0 Å². The van der Waals surface area contributed by atoms with E-state index >= 15 is 8.78 Å². The number of fused-ring (bicyclic) bond motifs is 2. The zero-order valence-corrected chi connectivity index (χ0v) is 17.7. The molecule has 0 heterocycles. The molecule has 0 aliphatic rings. The lowest BCUT2D eigenvalue weighted by Gasteiger charge is -2.20. The lowest BCUT2D eigenvalue weighted by molar-refractivity contribution is 0.381. The first kappa shape index (κ1) is 24.5. The van der Waals surface area contributed by atoms with Crippen molar-refractivity contribution in [1.29, 1.82) is 0 Å². The summed E-state index contributed by atoms with van der Waals surface area (Å²) in [7, 11) is 0. The first-order chi connectivity index (χ1) is 17.5. The van der Waals surface area contributed by atoms with Gasteiger partial charge in [-0.05, 0) is 22.9 Å². The first-order valence-corrected chi connectivity index (χ1v) is 10.1. The quantitative estimate of drug-likeness (QED) is 0.0930. The molecule has 0 saturated carbocycles. The summed E-state index contributed by atoms with van der Waals surface area (Å²) in [6.45, 7) is 0. The van der Waals surface area contributed by atoms with E-state index in [1.54, 1.807) is 0 Å². The Morgan fingerprint density at radius 2 is 0.676 bits per heavy atom. The van der Waals surface area contributed by atoms with Crippen LogP contribution in [0.2, 0.25) is 0 Å². The molecule has 5 aromatic carbocycles. The summed E-state index contributed by atoms with van der Waals surface area (Å²) >= 11 is 0. The maximum absolute atomic E-state index is 15.2. The van der Waals surface area contributed by atoms with E-state index in [9.17, 15) is 39.5 Å². The van der Waals surface area contributed by atoms with Gasteiger partial charge >= 0.3 is 0 Å². The Hall–Kier alpha value is -4.15. The predicted molar refractivity (Wildman–Crippen MR) is 112 cm³/mol. The average molecular weight is 528 g/mol. The van der Waals surface area contributed by atoms with Gasteiger partial charge in [-0.15, -0.1) is 0 Å². The maximum atomic E-state index is 15.2. The zero-order valence-electron chi connectivity index (χ0n) is 17.7. The molecule has 37 heavy (non-hydrogen) atoms. The van der Waals surface area contributed by atoms with Crippen LogP contribution in [-0.2, 0) is 0 Å². The summed E-state index contributed by atoms with van der Waals surface area (Å²) in [5.41, 5.74) is -5.13. The standard InChI is InChI=1S/C26H7F11/c27-10-5-6-11(28)17-15(19-22(33)24(35)26(37)25(36)23(19)34)9-4-2-1-3-8(9)14(16(10)17)18-20(31)12(29)7-13(30)21(18)32/h1-7H. The first-order valence-electron chi connectivity index (χ1n) is 10.1. The molecule has 5 aromatic rings. The third kappa shape index (κ3) is 3.36. The van der Waals surface area contributed by atoms with Crippen LogP contribution in [-0.4, -0.2) is 0 Å². The SMILES string of the molecule is Fc1cc(F)c(F)c(-c2c3ccccc3c(-c3c(F)c(F)c(F)c(F)c3F)c3c(F)ccc(F)c23)c1F. The second-order valence-corrected chi connectivity index (χ2v) is 7.86. The van der Waals surface area contributed by atoms with Crippen LogP contribution in [0.5, 0.6) is 0 Å². The highest BCUT2D eigenvalue weighted by Gasteiger charge is 2.33. The lowest BCUT2D eigenvalue weighted by Crippen LogP contribution is -2.06. The average Bonchev–Trinajstić information content (AvgIpc) is 2.88. The number of hydrogen-bond donors (Lipinski definition) is 0. The van der Waals surface area contributed by atoms with E-state index in [2.05, 4.69) is 0 Å². The van der Waals surface area contributed by atoms with Gasteiger partial charge in [-0.25, -0.2) is 48.3 Å². The van der Waals surface area contributed by atoms with Crippen LogP contribution < -0.4 is 0 Å². The maximum Gasteiger partial charge on any atom is 0.200 e. The van der Waals surface area contributed by atoms with Crippen molar-refractivity contribution in [3.63, 3.8) is 0 Å². The normalized spacial score (nSPS) is 11.6. The van der Waals surface area contributed by atoms with Gasteiger partial charge in [0.2, 0.25) is 5.82 Å². The molecular weight excluding hydrogens is 521 g/mol. The van der Waals surface area contributed by atoms with E-state index in [4.69, 9.17) is 0 Å². The molecule has 0 spiro atoms. The molecular formula is C26H7F11. The van der Waals surface area contributed by atoms with Gasteiger partial charge in [0.05, 0.1) is 11.1 Å². The van der Waals surface area contributed by atoms with Crippen molar-refractivity contribution in [1.82, 2.24) is 0 Å². The number of rotatable bonds is 2. The van der Waals surface area contributed by atoms with E-state index in [1.807, 2.05) is 0 Å². The van der Waals surface area contributed by atoms with Crippen molar-refractivity contribution in [2.24, 2.45) is 0 Å². The van der Waals surface area contributed by atoms with Gasteiger partial charge in [0.15, 0.2) is 46.5 Å². The molecule has 0 nitrogen and oxygen atoms in total. The molecule has 11 heteroatoms. The fraction of sp³-hybridized carbons (Fsp3) is 0. The van der Waals surface area contributed by atoms with Gasteiger partial charge in [0.25, 0.3) is 0 Å². The fourth-order valence-corrected chi connectivity index (χ4v) is 4.37. The molecule has 0 fully saturated rings. The second kappa shape index (κ2) is 8.46. The van der Waals surface area contributed by atoms with Crippen LogP contribution in [0.3, 0.4) is 0 Å². The highest BCUT2D eigenvalue weighted by Crippen LogP contribution is 2.48. The van der Waals surface area contributed by atoms with Crippen LogP contribution in [0.1, 0.15) is 0 Å². The molecule has 0 radical (unpaired) electrons. The molecule has 0 aliphatic heterocycles. The van der Waals surface area contributed by atoms with Crippen LogP contribution >= 0.6 is 0 Å². The molecule has 5 rings (SSSR count). The molecule has 0 aliphatic carbocycles. The monoisotopic (exact) mass is 528 g/mol. The van der Waals surface area contributed by atoms with E-state index in [0.717, 1.165) is 18.2 Å². The van der Waals surface area contributed by atoms with Crippen molar-refractivity contribution in [2.45, 2.75) is 0 Å². The molecule has 0 amide bonds. The largest absolute Gasteiger partial charge is 0.206 e. The smallest absolute Gasteiger partial charge is 0.200 e. The van der Waals surface area contributed by atoms with Crippen molar-refractivity contribution in [3.8, 4) is 22.3 Å². The van der Waals surface area contributed by atoms with Gasteiger partial charge in [-0.3, -0.25) is 0 Å². The Morgan fingerprint density at radius 3 is 1.08 bits per heavy atom. The minimum atomic E-state index is -2.52.